The number of hydrogen-bond acceptors (Lipinski definition) is 3. The Morgan fingerprint density at radius 2 is 2.14 bits per heavy atom. The molecule has 0 saturated carbocycles. The van der Waals surface area contributed by atoms with Crippen molar-refractivity contribution in [2.45, 2.75) is 38.8 Å². The zero-order valence-corrected chi connectivity index (χ0v) is 9.34. The summed E-state index contributed by atoms with van der Waals surface area (Å²) in [6, 6.07) is 0.235. The van der Waals surface area contributed by atoms with Crippen molar-refractivity contribution in [1.82, 2.24) is 10.2 Å². The van der Waals surface area contributed by atoms with Crippen LogP contribution in [0.3, 0.4) is 0 Å². The van der Waals surface area contributed by atoms with E-state index in [1.165, 1.54) is 0 Å². The molecule has 1 saturated heterocycles. The second-order valence-electron chi connectivity index (χ2n) is 4.84. The molecule has 3 N–H and O–H groups in total. The second-order valence-corrected chi connectivity index (χ2v) is 4.84. The average molecular weight is 199 g/mol. The number of nitrogens with one attached hydrogen (secondary N) is 1. The third-order valence-corrected chi connectivity index (χ3v) is 2.27. The van der Waals surface area contributed by atoms with Gasteiger partial charge >= 0.3 is 0 Å². The maximum atomic E-state index is 11.3. The fourth-order valence-electron chi connectivity index (χ4n) is 1.79. The predicted octanol–water partition coefficient (Wildman–Crippen LogP) is -0.0659. The van der Waals surface area contributed by atoms with Crippen LogP contribution in [-0.2, 0) is 4.79 Å². The molecule has 0 radical (unpaired) electrons. The summed E-state index contributed by atoms with van der Waals surface area (Å²) in [5.74, 6) is 0.130. The van der Waals surface area contributed by atoms with Crippen LogP contribution in [0.1, 0.15) is 27.2 Å². The second kappa shape index (κ2) is 4.28. The van der Waals surface area contributed by atoms with E-state index in [9.17, 15) is 4.79 Å². The summed E-state index contributed by atoms with van der Waals surface area (Å²) in [7, 11) is 0. The molecule has 1 fully saturated rings. The van der Waals surface area contributed by atoms with Crippen molar-refractivity contribution in [1.29, 1.82) is 0 Å². The van der Waals surface area contributed by atoms with Gasteiger partial charge < -0.3 is 11.1 Å². The molecule has 0 bridgehead atoms. The quantitative estimate of drug-likeness (QED) is 0.666. The standard InChI is InChI=1S/C10H21N3O/c1-8(2)12-9(14)4-5-13-6-10(3,11)7-13/h8H,4-7,11H2,1-3H3,(H,12,14). The van der Waals surface area contributed by atoms with Crippen molar-refractivity contribution in [3.05, 3.63) is 0 Å². The molecule has 0 aromatic rings. The number of hydrogen-bond donors (Lipinski definition) is 2. The van der Waals surface area contributed by atoms with Crippen molar-refractivity contribution >= 4 is 5.91 Å². The number of carbonyl (C=O) groups is 1. The van der Waals surface area contributed by atoms with Gasteiger partial charge in [-0.2, -0.15) is 0 Å². The lowest BCUT2D eigenvalue weighted by Crippen LogP contribution is -2.65. The maximum absolute atomic E-state index is 11.3. The van der Waals surface area contributed by atoms with Gasteiger partial charge in [0.1, 0.15) is 0 Å². The molecule has 14 heavy (non-hydrogen) atoms. The lowest BCUT2D eigenvalue weighted by atomic mass is 9.94. The maximum Gasteiger partial charge on any atom is 0.221 e. The highest BCUT2D eigenvalue weighted by Crippen LogP contribution is 2.16. The minimum absolute atomic E-state index is 0.0332. The molecule has 0 aromatic heterocycles. The van der Waals surface area contributed by atoms with Crippen molar-refractivity contribution in [2.75, 3.05) is 19.6 Å². The van der Waals surface area contributed by atoms with Gasteiger partial charge in [-0.15, -0.1) is 0 Å². The van der Waals surface area contributed by atoms with Gasteiger partial charge in [-0.25, -0.2) is 0 Å². The lowest BCUT2D eigenvalue weighted by Gasteiger charge is -2.45. The molecule has 4 heteroatoms. The third kappa shape index (κ3) is 3.64. The highest BCUT2D eigenvalue weighted by Gasteiger charge is 2.34. The van der Waals surface area contributed by atoms with E-state index in [1.54, 1.807) is 0 Å². The van der Waals surface area contributed by atoms with Gasteiger partial charge in [0.25, 0.3) is 0 Å². The molecule has 1 aliphatic rings. The molecular formula is C10H21N3O. The van der Waals surface area contributed by atoms with Gasteiger partial charge in [0, 0.05) is 37.6 Å². The molecule has 0 atom stereocenters. The van der Waals surface area contributed by atoms with Crippen LogP contribution in [0.25, 0.3) is 0 Å². The number of nitrogens with zero attached hydrogens (tertiary/aromatic N) is 1. The molecule has 4 nitrogen and oxygen atoms in total. The Labute approximate surface area is 85.8 Å². The minimum atomic E-state index is -0.0332. The number of amides is 1. The Bertz CT molecular complexity index is 205. The van der Waals surface area contributed by atoms with E-state index >= 15 is 0 Å². The van der Waals surface area contributed by atoms with E-state index in [4.69, 9.17) is 5.73 Å². The van der Waals surface area contributed by atoms with Gasteiger partial charge in [0.2, 0.25) is 5.91 Å². The van der Waals surface area contributed by atoms with Crippen molar-refractivity contribution < 1.29 is 4.79 Å². The van der Waals surface area contributed by atoms with Crippen LogP contribution in [0.5, 0.6) is 0 Å². The first kappa shape index (κ1) is 11.5. The van der Waals surface area contributed by atoms with E-state index in [1.807, 2.05) is 20.8 Å². The number of rotatable bonds is 4. The van der Waals surface area contributed by atoms with E-state index in [2.05, 4.69) is 10.2 Å². The van der Waals surface area contributed by atoms with Gasteiger partial charge in [0.05, 0.1) is 0 Å². The van der Waals surface area contributed by atoms with Crippen molar-refractivity contribution in [3.8, 4) is 0 Å². The lowest BCUT2D eigenvalue weighted by molar-refractivity contribution is -0.122. The van der Waals surface area contributed by atoms with Crippen LogP contribution >= 0.6 is 0 Å². The molecule has 1 amide bonds. The largest absolute Gasteiger partial charge is 0.354 e. The third-order valence-electron chi connectivity index (χ3n) is 2.27. The Morgan fingerprint density at radius 3 is 2.57 bits per heavy atom. The normalized spacial score (nSPS) is 20.6. The molecule has 1 rings (SSSR count). The van der Waals surface area contributed by atoms with Crippen LogP contribution in [0.2, 0.25) is 0 Å². The van der Waals surface area contributed by atoms with E-state index in [-0.39, 0.29) is 17.5 Å². The number of nitrogens with two attached hydrogens (primary N) is 1. The Morgan fingerprint density at radius 1 is 1.57 bits per heavy atom. The first-order valence-electron chi connectivity index (χ1n) is 5.20. The van der Waals surface area contributed by atoms with Gasteiger partial charge in [0.15, 0.2) is 0 Å². The SMILES string of the molecule is CC(C)NC(=O)CCN1CC(C)(N)C1. The molecular weight excluding hydrogens is 178 g/mol. The summed E-state index contributed by atoms with van der Waals surface area (Å²) < 4.78 is 0. The van der Waals surface area contributed by atoms with Gasteiger partial charge in [-0.3, -0.25) is 9.69 Å². The molecule has 0 aliphatic carbocycles. The highest BCUT2D eigenvalue weighted by molar-refractivity contribution is 5.76. The summed E-state index contributed by atoms with van der Waals surface area (Å²) in [5.41, 5.74) is 5.82. The fraction of sp³-hybridized carbons (Fsp3) is 0.900. The predicted molar refractivity (Wildman–Crippen MR) is 56.9 cm³/mol. The van der Waals surface area contributed by atoms with Crippen LogP contribution in [-0.4, -0.2) is 42.0 Å². The summed E-state index contributed by atoms with van der Waals surface area (Å²) in [6.07, 6.45) is 0.578. The molecule has 0 unspecified atom stereocenters. The zero-order valence-electron chi connectivity index (χ0n) is 9.34. The van der Waals surface area contributed by atoms with Crippen LogP contribution in [0, 0.1) is 0 Å². The minimum Gasteiger partial charge on any atom is -0.354 e. The van der Waals surface area contributed by atoms with E-state index in [0.29, 0.717) is 6.42 Å². The van der Waals surface area contributed by atoms with Crippen LogP contribution in [0.4, 0.5) is 0 Å². The van der Waals surface area contributed by atoms with E-state index < -0.39 is 0 Å². The van der Waals surface area contributed by atoms with Crippen molar-refractivity contribution in [2.24, 2.45) is 5.73 Å². The van der Waals surface area contributed by atoms with Crippen LogP contribution < -0.4 is 11.1 Å². The highest BCUT2D eigenvalue weighted by atomic mass is 16.1. The fourth-order valence-corrected chi connectivity index (χ4v) is 1.79. The van der Waals surface area contributed by atoms with Crippen LogP contribution in [0.15, 0.2) is 0 Å². The molecule has 1 heterocycles. The van der Waals surface area contributed by atoms with E-state index in [0.717, 1.165) is 19.6 Å². The monoisotopic (exact) mass is 199 g/mol. The summed E-state index contributed by atoms with van der Waals surface area (Å²) in [4.78, 5) is 13.5. The Hall–Kier alpha value is -0.610. The van der Waals surface area contributed by atoms with Gasteiger partial charge in [-0.05, 0) is 20.8 Å². The van der Waals surface area contributed by atoms with Crippen molar-refractivity contribution in [3.63, 3.8) is 0 Å². The number of carbonyl (C=O) groups excluding carboxylic acids is 1. The Balaban J connectivity index is 2.08. The number of likely N-dealkylation sites (tertiary alicyclic amines) is 1. The molecule has 82 valence electrons. The first-order valence-corrected chi connectivity index (χ1v) is 5.20. The summed E-state index contributed by atoms with van der Waals surface area (Å²) in [5, 5.41) is 2.87. The molecule has 0 spiro atoms. The Kier molecular flexibility index (Phi) is 3.50. The summed E-state index contributed by atoms with van der Waals surface area (Å²) in [6.45, 7) is 8.61. The summed E-state index contributed by atoms with van der Waals surface area (Å²) >= 11 is 0. The van der Waals surface area contributed by atoms with Gasteiger partial charge in [-0.1, -0.05) is 0 Å². The topological polar surface area (TPSA) is 58.4 Å². The average Bonchev–Trinajstić information content (AvgIpc) is 1.95. The first-order chi connectivity index (χ1) is 6.39. The molecule has 0 aromatic carbocycles. The smallest absolute Gasteiger partial charge is 0.221 e. The molecule has 1 aliphatic heterocycles. The zero-order chi connectivity index (χ0) is 10.8.